The molecule has 24 nitrogen and oxygen atoms in total. The van der Waals surface area contributed by atoms with Crippen molar-refractivity contribution in [2.24, 2.45) is 35.5 Å². The minimum atomic E-state index is -1.62. The molecule has 0 unspecified atom stereocenters. The van der Waals surface area contributed by atoms with E-state index in [0.29, 0.717) is 6.42 Å². The van der Waals surface area contributed by atoms with Crippen LogP contribution in [0.3, 0.4) is 0 Å². The Morgan fingerprint density at radius 3 is 1.41 bits per heavy atom. The molecule has 0 spiro atoms. The molecule has 0 aromatic carbocycles. The van der Waals surface area contributed by atoms with Gasteiger partial charge in [-0.25, -0.2) is 0 Å². The molecule has 0 aromatic heterocycles. The number of amides is 11. The van der Waals surface area contributed by atoms with Gasteiger partial charge in [-0.3, -0.25) is 52.7 Å². The van der Waals surface area contributed by atoms with Gasteiger partial charge in [-0.2, -0.15) is 0 Å². The van der Waals surface area contributed by atoms with Crippen LogP contribution in [0.15, 0.2) is 12.2 Å². The quantitative estimate of drug-likeness (QED) is 0.129. The molecule has 0 bridgehead atoms. The van der Waals surface area contributed by atoms with E-state index in [-0.39, 0.29) is 49.9 Å². The number of hydrogen-bond donors (Lipinski definition) is 6. The second-order valence-corrected chi connectivity index (χ2v) is 26.5. The molecule has 11 amide bonds. The Morgan fingerprint density at radius 2 is 0.953 bits per heavy atom. The van der Waals surface area contributed by atoms with E-state index < -0.39 is 161 Å². The molecule has 24 heteroatoms. The zero-order valence-corrected chi connectivity index (χ0v) is 56.4. The van der Waals surface area contributed by atoms with Gasteiger partial charge in [-0.1, -0.05) is 95.2 Å². The molecular formula is C62H111N11O13. The molecular weight excluding hydrogens is 1110 g/mol. The maximum absolute atomic E-state index is 15.1. The first-order valence-electron chi connectivity index (χ1n) is 30.6. The molecule has 86 heavy (non-hydrogen) atoms. The van der Waals surface area contributed by atoms with Crippen molar-refractivity contribution in [2.75, 3.05) is 55.9 Å². The molecule has 1 aliphatic rings. The van der Waals surface area contributed by atoms with E-state index in [4.69, 9.17) is 0 Å². The Bertz CT molecular complexity index is 2370. The first kappa shape index (κ1) is 77.8. The van der Waals surface area contributed by atoms with Gasteiger partial charge in [0.15, 0.2) is 0 Å². The van der Waals surface area contributed by atoms with Crippen LogP contribution in [0, 0.1) is 35.5 Å². The van der Waals surface area contributed by atoms with E-state index >= 15 is 9.59 Å². The number of allylic oxidation sites excluding steroid dienone is 2. The normalized spacial score (nSPS) is 26.9. The molecule has 1 heterocycles. The maximum atomic E-state index is 15.1. The zero-order valence-electron chi connectivity index (χ0n) is 56.4. The summed E-state index contributed by atoms with van der Waals surface area (Å²) in [6.07, 6.45) is 2.44. The summed E-state index contributed by atoms with van der Waals surface area (Å²) in [6.45, 7) is 28.1. The Morgan fingerprint density at radius 1 is 0.512 bits per heavy atom. The Kier molecular flexibility index (Phi) is 31.1. The number of likely N-dealkylation sites (N-methyl/N-ethyl adjacent to an activating group) is 7. The van der Waals surface area contributed by atoms with Crippen LogP contribution in [0.4, 0.5) is 0 Å². The lowest BCUT2D eigenvalue weighted by Crippen LogP contribution is -2.63. The number of carbonyl (C=O) groups excluding carboxylic acids is 11. The second-order valence-electron chi connectivity index (χ2n) is 26.5. The summed E-state index contributed by atoms with van der Waals surface area (Å²) < 4.78 is 0. The second kappa shape index (κ2) is 34.4. The van der Waals surface area contributed by atoms with Gasteiger partial charge in [-0.15, -0.1) is 0 Å². The van der Waals surface area contributed by atoms with E-state index in [0.717, 1.165) is 14.7 Å². The number of aliphatic hydroxyl groups is 2. The van der Waals surface area contributed by atoms with E-state index in [1.807, 2.05) is 41.5 Å². The Labute approximate surface area is 513 Å². The molecule has 1 aliphatic heterocycles. The number of nitrogens with one attached hydrogen (secondary N) is 4. The van der Waals surface area contributed by atoms with Crippen molar-refractivity contribution in [1.29, 1.82) is 0 Å². The summed E-state index contributed by atoms with van der Waals surface area (Å²) in [5.41, 5.74) is -1.54. The predicted molar refractivity (Wildman–Crippen MR) is 330 cm³/mol. The van der Waals surface area contributed by atoms with Crippen molar-refractivity contribution in [2.45, 2.75) is 228 Å². The van der Waals surface area contributed by atoms with Gasteiger partial charge >= 0.3 is 0 Å². The van der Waals surface area contributed by atoms with Crippen LogP contribution in [0.2, 0.25) is 0 Å². The van der Waals surface area contributed by atoms with Crippen LogP contribution in [0.5, 0.6) is 0 Å². The highest BCUT2D eigenvalue weighted by atomic mass is 16.3. The van der Waals surface area contributed by atoms with Gasteiger partial charge in [0.05, 0.1) is 18.2 Å². The van der Waals surface area contributed by atoms with Gasteiger partial charge < -0.3 is 65.8 Å². The van der Waals surface area contributed by atoms with Gasteiger partial charge in [0.1, 0.15) is 60.4 Å². The van der Waals surface area contributed by atoms with Gasteiger partial charge in [0, 0.05) is 55.8 Å². The van der Waals surface area contributed by atoms with E-state index in [1.165, 1.54) is 96.6 Å². The SMILES string of the molecule is C/C=C/C[C@@H](C)[C@@H](O)[C@H]1C(=O)N[C@@H](CC)C(=O)N(C)CC(=O)N(C)[C@@H](CC(C)C)C(=O)N[C@@H](C(C)C)C(=O)N(C)[C@@H](CC(C)(C)O)C(=O)N[C@@H](C)C(=O)N[C@H](C)C(=O)N(C)[C@@H](CC(C)C)C(=O)N(C)[C@@H](CC(C)C)C(=O)N(C)[C@@H](C(C)C)C(=O)N1C. The number of nitrogens with zero attached hydrogens (tertiary/aromatic N) is 7. The highest BCUT2D eigenvalue weighted by Gasteiger charge is 2.46. The molecule has 492 valence electrons. The lowest BCUT2D eigenvalue weighted by molar-refractivity contribution is -0.157. The first-order chi connectivity index (χ1) is 39.5. The smallest absolute Gasteiger partial charge is 0.246 e. The number of hydrogen-bond acceptors (Lipinski definition) is 13. The molecule has 0 radical (unpaired) electrons. The summed E-state index contributed by atoms with van der Waals surface area (Å²) >= 11 is 0. The highest BCUT2D eigenvalue weighted by Crippen LogP contribution is 2.26. The lowest BCUT2D eigenvalue weighted by Gasteiger charge is -2.41. The minimum absolute atomic E-state index is 0.00763. The summed E-state index contributed by atoms with van der Waals surface area (Å²) in [6, 6.07) is -13.0. The van der Waals surface area contributed by atoms with Gasteiger partial charge in [-0.05, 0) is 102 Å². The van der Waals surface area contributed by atoms with Crippen molar-refractivity contribution >= 4 is 65.0 Å². The summed E-state index contributed by atoms with van der Waals surface area (Å²) in [5, 5.41) is 33.9. The average Bonchev–Trinajstić information content (AvgIpc) is 1.25. The van der Waals surface area contributed by atoms with Crippen LogP contribution >= 0.6 is 0 Å². The van der Waals surface area contributed by atoms with Gasteiger partial charge in [0.25, 0.3) is 0 Å². The molecule has 0 aromatic rings. The van der Waals surface area contributed by atoms with Crippen LogP contribution in [0.25, 0.3) is 0 Å². The summed E-state index contributed by atoms with van der Waals surface area (Å²) in [4.78, 5) is 168. The lowest BCUT2D eigenvalue weighted by atomic mass is 9.91. The third-order valence-electron chi connectivity index (χ3n) is 16.1. The number of aliphatic hydroxyl groups excluding tert-OH is 1. The van der Waals surface area contributed by atoms with E-state index in [9.17, 15) is 53.4 Å². The van der Waals surface area contributed by atoms with Crippen molar-refractivity contribution in [3.8, 4) is 0 Å². The average molecular weight is 1220 g/mol. The molecule has 1 rings (SSSR count). The van der Waals surface area contributed by atoms with Gasteiger partial charge in [0.2, 0.25) is 65.0 Å². The maximum Gasteiger partial charge on any atom is 0.246 e. The van der Waals surface area contributed by atoms with Crippen LogP contribution < -0.4 is 21.3 Å². The number of rotatable bonds is 15. The fourth-order valence-electron chi connectivity index (χ4n) is 10.7. The zero-order chi connectivity index (χ0) is 66.9. The standard InChI is InChI=1S/C62H111N11O13/c1-25-27-28-39(13)51(75)50-55(79)65-42(26-2)57(81)67(18)33-47(74)68(19)43(29-34(3)4)53(77)66-48(37(9)10)60(84)71(22)46(32-62(16,17)86)54(78)63-40(14)52(76)64-41(15)56(80)69(20)44(30-35(5)6)58(82)70(21)45(31-36(7)8)59(83)72(23)49(38(11)12)61(85)73(50)24/h25,27,34-46,48-51,75,86H,26,28-33H2,1-24H3,(H,63,78)(H,64,76)(H,65,79)(H,66,77)/b27-25+/t39-,40+,41-,42+,43+,44+,45+,46+,48+,49+,50+,51-/m1/s1. The summed E-state index contributed by atoms with van der Waals surface area (Å²) in [7, 11) is 9.71. The highest BCUT2D eigenvalue weighted by molar-refractivity contribution is 5.99. The monoisotopic (exact) mass is 1220 g/mol. The molecule has 1 fully saturated rings. The van der Waals surface area contributed by atoms with Crippen LogP contribution in [0.1, 0.15) is 156 Å². The van der Waals surface area contributed by atoms with E-state index in [1.54, 1.807) is 60.6 Å². The van der Waals surface area contributed by atoms with Crippen molar-refractivity contribution in [3.63, 3.8) is 0 Å². The summed E-state index contributed by atoms with van der Waals surface area (Å²) in [5.74, 6) is -10.3. The topological polar surface area (TPSA) is 299 Å². The van der Waals surface area contributed by atoms with E-state index in [2.05, 4.69) is 21.3 Å². The molecule has 12 atom stereocenters. The van der Waals surface area contributed by atoms with Crippen molar-refractivity contribution in [3.05, 3.63) is 12.2 Å². The number of carbonyl (C=O) groups is 11. The molecule has 0 saturated carbocycles. The fraction of sp³-hybridized carbons (Fsp3) is 0.790. The predicted octanol–water partition coefficient (Wildman–Crippen LogP) is 2.38. The first-order valence-corrected chi connectivity index (χ1v) is 30.6. The molecule has 0 aliphatic carbocycles. The Balaban J connectivity index is 4.35. The third kappa shape index (κ3) is 21.9. The van der Waals surface area contributed by atoms with Crippen LogP contribution in [-0.2, 0) is 52.7 Å². The molecule has 6 N–H and O–H groups in total. The third-order valence-corrected chi connectivity index (χ3v) is 16.1. The largest absolute Gasteiger partial charge is 0.390 e. The fourth-order valence-corrected chi connectivity index (χ4v) is 10.7. The van der Waals surface area contributed by atoms with Crippen molar-refractivity contribution < 1.29 is 63.0 Å². The molecule has 1 saturated heterocycles. The Hall–Kier alpha value is -6.17. The van der Waals surface area contributed by atoms with Crippen molar-refractivity contribution in [1.82, 2.24) is 55.6 Å². The van der Waals surface area contributed by atoms with Crippen LogP contribution in [-0.4, -0.2) is 237 Å². The minimum Gasteiger partial charge on any atom is -0.390 e.